The summed E-state index contributed by atoms with van der Waals surface area (Å²) in [6, 6.07) is -0.744. The molecule has 0 aliphatic heterocycles. The van der Waals surface area contributed by atoms with E-state index in [0.29, 0.717) is 6.42 Å². The van der Waals surface area contributed by atoms with Gasteiger partial charge in [-0.05, 0) is 31.6 Å². The standard InChI is InChI=1S/C14H25NO3/c1-4-6-14(7-5-8-14)13(18)15-11(12(16)17)9-10(2)3/h10-11H,4-9H2,1-3H3,(H,15,18)(H,16,17)/t11-/m1/s1. The summed E-state index contributed by atoms with van der Waals surface area (Å²) in [7, 11) is 0. The first-order chi connectivity index (χ1) is 8.41. The average Bonchev–Trinajstić information content (AvgIpc) is 2.21. The number of carboxylic acid groups (broad SMARTS) is 1. The Labute approximate surface area is 109 Å². The van der Waals surface area contributed by atoms with Gasteiger partial charge in [0.1, 0.15) is 6.04 Å². The number of carbonyl (C=O) groups is 2. The van der Waals surface area contributed by atoms with Crippen molar-refractivity contribution in [3.05, 3.63) is 0 Å². The minimum Gasteiger partial charge on any atom is -0.480 e. The van der Waals surface area contributed by atoms with Gasteiger partial charge in [0.05, 0.1) is 0 Å². The zero-order chi connectivity index (χ0) is 13.8. The molecular weight excluding hydrogens is 230 g/mol. The van der Waals surface area contributed by atoms with Crippen molar-refractivity contribution >= 4 is 11.9 Å². The Morgan fingerprint density at radius 1 is 1.33 bits per heavy atom. The van der Waals surface area contributed by atoms with Gasteiger partial charge >= 0.3 is 5.97 Å². The summed E-state index contributed by atoms with van der Waals surface area (Å²) >= 11 is 0. The first-order valence-electron chi connectivity index (χ1n) is 6.95. The molecule has 1 aliphatic carbocycles. The molecule has 1 rings (SSSR count). The van der Waals surface area contributed by atoms with E-state index in [9.17, 15) is 9.59 Å². The highest BCUT2D eigenvalue weighted by molar-refractivity contribution is 5.88. The first kappa shape index (κ1) is 15.0. The number of nitrogens with one attached hydrogen (secondary N) is 1. The SMILES string of the molecule is CCCC1(C(=O)N[C@H](CC(C)C)C(=O)O)CCC1. The van der Waals surface area contributed by atoms with Crippen molar-refractivity contribution in [2.75, 3.05) is 0 Å². The Morgan fingerprint density at radius 2 is 1.94 bits per heavy atom. The third-order valence-corrected chi connectivity index (χ3v) is 3.83. The van der Waals surface area contributed by atoms with Gasteiger partial charge in [0, 0.05) is 5.41 Å². The first-order valence-corrected chi connectivity index (χ1v) is 6.95. The third kappa shape index (κ3) is 3.47. The molecule has 4 heteroatoms. The largest absolute Gasteiger partial charge is 0.480 e. The fourth-order valence-corrected chi connectivity index (χ4v) is 2.68. The second kappa shape index (κ2) is 6.21. The topological polar surface area (TPSA) is 66.4 Å². The molecule has 1 atom stereocenters. The smallest absolute Gasteiger partial charge is 0.326 e. The minimum absolute atomic E-state index is 0.0522. The maximum Gasteiger partial charge on any atom is 0.326 e. The summed E-state index contributed by atoms with van der Waals surface area (Å²) in [5, 5.41) is 11.9. The van der Waals surface area contributed by atoms with E-state index in [1.807, 2.05) is 13.8 Å². The van der Waals surface area contributed by atoms with E-state index in [2.05, 4.69) is 12.2 Å². The van der Waals surface area contributed by atoms with Gasteiger partial charge in [-0.2, -0.15) is 0 Å². The molecule has 1 saturated carbocycles. The number of hydrogen-bond acceptors (Lipinski definition) is 2. The van der Waals surface area contributed by atoms with Crippen molar-refractivity contribution in [3.8, 4) is 0 Å². The van der Waals surface area contributed by atoms with E-state index in [4.69, 9.17) is 5.11 Å². The fraction of sp³-hybridized carbons (Fsp3) is 0.857. The highest BCUT2D eigenvalue weighted by Gasteiger charge is 2.44. The van der Waals surface area contributed by atoms with Crippen LogP contribution in [0.3, 0.4) is 0 Å². The van der Waals surface area contributed by atoms with Crippen molar-refractivity contribution in [2.24, 2.45) is 11.3 Å². The number of aliphatic carboxylic acids is 1. The summed E-state index contributed by atoms with van der Waals surface area (Å²) in [5.41, 5.74) is -0.278. The minimum atomic E-state index is -0.928. The molecule has 4 nitrogen and oxygen atoms in total. The second-order valence-electron chi connectivity index (χ2n) is 5.88. The molecule has 0 aromatic carbocycles. The van der Waals surface area contributed by atoms with Crippen LogP contribution in [0.4, 0.5) is 0 Å². The molecule has 0 bridgehead atoms. The summed E-state index contributed by atoms with van der Waals surface area (Å²) in [4.78, 5) is 23.4. The normalized spacial score (nSPS) is 19.1. The van der Waals surface area contributed by atoms with Crippen LogP contribution in [0.25, 0.3) is 0 Å². The van der Waals surface area contributed by atoms with Crippen molar-refractivity contribution < 1.29 is 14.7 Å². The lowest BCUT2D eigenvalue weighted by Gasteiger charge is -2.41. The molecular formula is C14H25NO3. The predicted molar refractivity (Wildman–Crippen MR) is 70.2 cm³/mol. The van der Waals surface area contributed by atoms with Crippen LogP contribution in [0.15, 0.2) is 0 Å². The Kier molecular flexibility index (Phi) is 5.17. The highest BCUT2D eigenvalue weighted by Crippen LogP contribution is 2.45. The van der Waals surface area contributed by atoms with E-state index >= 15 is 0 Å². The maximum absolute atomic E-state index is 12.3. The monoisotopic (exact) mass is 255 g/mol. The van der Waals surface area contributed by atoms with Crippen molar-refractivity contribution in [1.82, 2.24) is 5.32 Å². The molecule has 0 radical (unpaired) electrons. The van der Waals surface area contributed by atoms with Crippen LogP contribution >= 0.6 is 0 Å². The second-order valence-corrected chi connectivity index (χ2v) is 5.88. The zero-order valence-electron chi connectivity index (χ0n) is 11.7. The van der Waals surface area contributed by atoms with E-state index in [1.165, 1.54) is 0 Å². The van der Waals surface area contributed by atoms with Gasteiger partial charge in [-0.25, -0.2) is 4.79 Å². The molecule has 0 spiro atoms. The van der Waals surface area contributed by atoms with E-state index < -0.39 is 12.0 Å². The molecule has 104 valence electrons. The molecule has 0 saturated heterocycles. The van der Waals surface area contributed by atoms with Crippen LogP contribution in [0, 0.1) is 11.3 Å². The van der Waals surface area contributed by atoms with Gasteiger partial charge in [0.2, 0.25) is 5.91 Å². The molecule has 2 N–H and O–H groups in total. The number of rotatable bonds is 7. The maximum atomic E-state index is 12.3. The van der Waals surface area contributed by atoms with Crippen LogP contribution < -0.4 is 5.32 Å². The van der Waals surface area contributed by atoms with Gasteiger partial charge in [-0.1, -0.05) is 33.6 Å². The van der Waals surface area contributed by atoms with Crippen LogP contribution in [-0.2, 0) is 9.59 Å². The van der Waals surface area contributed by atoms with Crippen LogP contribution in [0.2, 0.25) is 0 Å². The van der Waals surface area contributed by atoms with Crippen molar-refractivity contribution in [2.45, 2.75) is 65.3 Å². The van der Waals surface area contributed by atoms with E-state index in [1.54, 1.807) is 0 Å². The molecule has 0 heterocycles. The predicted octanol–water partition coefficient (Wildman–Crippen LogP) is 2.57. The van der Waals surface area contributed by atoms with Gasteiger partial charge < -0.3 is 10.4 Å². The summed E-state index contributed by atoms with van der Waals surface area (Å²) in [6.07, 6.45) is 5.21. The molecule has 18 heavy (non-hydrogen) atoms. The van der Waals surface area contributed by atoms with Gasteiger partial charge in [0.25, 0.3) is 0 Å². The number of carboxylic acids is 1. The highest BCUT2D eigenvalue weighted by atomic mass is 16.4. The lowest BCUT2D eigenvalue weighted by Crippen LogP contribution is -2.51. The summed E-state index contributed by atoms with van der Waals surface area (Å²) < 4.78 is 0. The van der Waals surface area contributed by atoms with Crippen LogP contribution in [-0.4, -0.2) is 23.0 Å². The van der Waals surface area contributed by atoms with Crippen molar-refractivity contribution in [1.29, 1.82) is 0 Å². The molecule has 0 aromatic rings. The number of amides is 1. The summed E-state index contributed by atoms with van der Waals surface area (Å²) in [6.45, 7) is 6.00. The quantitative estimate of drug-likeness (QED) is 0.734. The lowest BCUT2D eigenvalue weighted by atomic mass is 9.65. The number of carbonyl (C=O) groups excluding carboxylic acids is 1. The zero-order valence-corrected chi connectivity index (χ0v) is 11.7. The average molecular weight is 255 g/mol. The molecule has 1 aliphatic rings. The van der Waals surface area contributed by atoms with Crippen LogP contribution in [0.1, 0.15) is 59.3 Å². The molecule has 1 fully saturated rings. The Bertz CT molecular complexity index is 308. The summed E-state index contributed by atoms with van der Waals surface area (Å²) in [5.74, 6) is -0.721. The molecule has 0 aromatic heterocycles. The molecule has 1 amide bonds. The van der Waals surface area contributed by atoms with Crippen LogP contribution in [0.5, 0.6) is 0 Å². The van der Waals surface area contributed by atoms with Gasteiger partial charge in [0.15, 0.2) is 0 Å². The Balaban J connectivity index is 2.62. The van der Waals surface area contributed by atoms with E-state index in [-0.39, 0.29) is 17.2 Å². The molecule has 0 unspecified atom stereocenters. The Morgan fingerprint density at radius 3 is 2.28 bits per heavy atom. The number of hydrogen-bond donors (Lipinski definition) is 2. The third-order valence-electron chi connectivity index (χ3n) is 3.83. The van der Waals surface area contributed by atoms with Crippen molar-refractivity contribution in [3.63, 3.8) is 0 Å². The van der Waals surface area contributed by atoms with E-state index in [0.717, 1.165) is 32.1 Å². The lowest BCUT2D eigenvalue weighted by molar-refractivity contribution is -0.146. The van der Waals surface area contributed by atoms with Gasteiger partial charge in [-0.3, -0.25) is 4.79 Å². The Hall–Kier alpha value is -1.06. The van der Waals surface area contributed by atoms with Gasteiger partial charge in [-0.15, -0.1) is 0 Å². The fourth-order valence-electron chi connectivity index (χ4n) is 2.68.